The van der Waals surface area contributed by atoms with Gasteiger partial charge in [-0.05, 0) is 38.0 Å². The van der Waals surface area contributed by atoms with Gasteiger partial charge < -0.3 is 4.57 Å². The van der Waals surface area contributed by atoms with Crippen molar-refractivity contribution in [3.05, 3.63) is 29.6 Å². The highest BCUT2D eigenvalue weighted by Gasteiger charge is 2.14. The molecular formula is C15H21ClN2. The minimum Gasteiger partial charge on any atom is -0.325 e. The summed E-state index contributed by atoms with van der Waals surface area (Å²) >= 11 is 5.90. The van der Waals surface area contributed by atoms with E-state index in [2.05, 4.69) is 43.5 Å². The Bertz CT molecular complexity index is 531. The monoisotopic (exact) mass is 264 g/mol. The highest BCUT2D eigenvalue weighted by molar-refractivity contribution is 6.17. The van der Waals surface area contributed by atoms with Crippen LogP contribution in [0.5, 0.6) is 0 Å². The van der Waals surface area contributed by atoms with Gasteiger partial charge in [0.2, 0.25) is 0 Å². The summed E-state index contributed by atoms with van der Waals surface area (Å²) in [5, 5.41) is 0. The molecule has 0 radical (unpaired) electrons. The standard InChI is InChI=1S/C15H21ClN2/c1-4-5-12(3)18-14-10-11(2)6-7-13(14)17-15(18)8-9-16/h6-7,10,12H,4-5,8-9H2,1-3H3. The molecule has 0 spiro atoms. The molecule has 2 nitrogen and oxygen atoms in total. The van der Waals surface area contributed by atoms with Crippen LogP contribution in [0.15, 0.2) is 18.2 Å². The van der Waals surface area contributed by atoms with E-state index >= 15 is 0 Å². The van der Waals surface area contributed by atoms with Crippen LogP contribution < -0.4 is 0 Å². The van der Waals surface area contributed by atoms with Crippen LogP contribution in [0, 0.1) is 6.92 Å². The van der Waals surface area contributed by atoms with Gasteiger partial charge in [-0.2, -0.15) is 0 Å². The Balaban J connectivity index is 2.56. The fourth-order valence-electron chi connectivity index (χ4n) is 2.55. The van der Waals surface area contributed by atoms with E-state index in [1.54, 1.807) is 0 Å². The molecule has 0 saturated heterocycles. The first-order valence-electron chi connectivity index (χ1n) is 6.70. The maximum absolute atomic E-state index is 5.90. The third kappa shape index (κ3) is 2.54. The van der Waals surface area contributed by atoms with E-state index in [4.69, 9.17) is 16.6 Å². The molecule has 0 N–H and O–H groups in total. The SMILES string of the molecule is CCCC(C)n1c(CCCl)nc2ccc(C)cc21. The minimum absolute atomic E-state index is 0.486. The zero-order chi connectivity index (χ0) is 13.1. The Morgan fingerprint density at radius 3 is 2.83 bits per heavy atom. The number of imidazole rings is 1. The van der Waals surface area contributed by atoms with Crippen LogP contribution in [0.3, 0.4) is 0 Å². The van der Waals surface area contributed by atoms with Crippen LogP contribution in [0.25, 0.3) is 11.0 Å². The third-order valence-electron chi connectivity index (χ3n) is 3.38. The lowest BCUT2D eigenvalue weighted by atomic mass is 10.1. The molecule has 0 bridgehead atoms. The summed E-state index contributed by atoms with van der Waals surface area (Å²) in [5.74, 6) is 1.74. The smallest absolute Gasteiger partial charge is 0.111 e. The molecule has 1 aromatic carbocycles. The molecule has 3 heteroatoms. The summed E-state index contributed by atoms with van der Waals surface area (Å²) in [6.45, 7) is 6.62. The number of hydrogen-bond donors (Lipinski definition) is 0. The highest BCUT2D eigenvalue weighted by atomic mass is 35.5. The maximum Gasteiger partial charge on any atom is 0.111 e. The van der Waals surface area contributed by atoms with Crippen LogP contribution in [0.4, 0.5) is 0 Å². The molecule has 2 aromatic rings. The molecular weight excluding hydrogens is 244 g/mol. The average Bonchev–Trinajstić information content (AvgIpc) is 2.67. The van der Waals surface area contributed by atoms with Crippen molar-refractivity contribution in [2.24, 2.45) is 0 Å². The molecule has 18 heavy (non-hydrogen) atoms. The summed E-state index contributed by atoms with van der Waals surface area (Å²) < 4.78 is 2.37. The van der Waals surface area contributed by atoms with Gasteiger partial charge in [0.25, 0.3) is 0 Å². The van der Waals surface area contributed by atoms with Gasteiger partial charge in [-0.1, -0.05) is 19.4 Å². The Hall–Kier alpha value is -1.02. The highest BCUT2D eigenvalue weighted by Crippen LogP contribution is 2.25. The molecule has 0 amide bonds. The van der Waals surface area contributed by atoms with Gasteiger partial charge in [0.05, 0.1) is 11.0 Å². The van der Waals surface area contributed by atoms with E-state index in [1.807, 2.05) is 0 Å². The molecule has 98 valence electrons. The first-order chi connectivity index (χ1) is 8.67. The maximum atomic E-state index is 5.90. The Morgan fingerprint density at radius 2 is 2.17 bits per heavy atom. The molecule has 0 saturated carbocycles. The molecule has 1 heterocycles. The van der Waals surface area contributed by atoms with Gasteiger partial charge in [0, 0.05) is 18.3 Å². The van der Waals surface area contributed by atoms with Gasteiger partial charge >= 0.3 is 0 Å². The lowest BCUT2D eigenvalue weighted by molar-refractivity contribution is 0.496. The Labute approximate surface area is 114 Å². The van der Waals surface area contributed by atoms with Crippen molar-refractivity contribution in [2.75, 3.05) is 5.88 Å². The van der Waals surface area contributed by atoms with E-state index < -0.39 is 0 Å². The summed E-state index contributed by atoms with van der Waals surface area (Å²) in [5.41, 5.74) is 3.62. The number of halogens is 1. The van der Waals surface area contributed by atoms with E-state index in [9.17, 15) is 0 Å². The molecule has 0 aliphatic heterocycles. The quantitative estimate of drug-likeness (QED) is 0.728. The van der Waals surface area contributed by atoms with Gasteiger partial charge in [0.15, 0.2) is 0 Å². The second kappa shape index (κ2) is 5.75. The molecule has 0 fully saturated rings. The summed E-state index contributed by atoms with van der Waals surface area (Å²) in [7, 11) is 0. The number of alkyl halides is 1. The zero-order valence-electron chi connectivity index (χ0n) is 11.4. The first-order valence-corrected chi connectivity index (χ1v) is 7.24. The van der Waals surface area contributed by atoms with Gasteiger partial charge in [-0.25, -0.2) is 4.98 Å². The largest absolute Gasteiger partial charge is 0.325 e. The van der Waals surface area contributed by atoms with Crippen molar-refractivity contribution in [2.45, 2.75) is 46.1 Å². The van der Waals surface area contributed by atoms with Gasteiger partial charge in [0.1, 0.15) is 5.82 Å². The minimum atomic E-state index is 0.486. The van der Waals surface area contributed by atoms with Gasteiger partial charge in [-0.3, -0.25) is 0 Å². The normalized spacial score (nSPS) is 13.1. The molecule has 2 rings (SSSR count). The second-order valence-corrected chi connectivity index (χ2v) is 5.34. The molecule has 1 unspecified atom stereocenters. The number of aryl methyl sites for hydroxylation is 2. The molecule has 0 aliphatic rings. The van der Waals surface area contributed by atoms with Crippen LogP contribution in [0.1, 0.15) is 44.1 Å². The summed E-state index contributed by atoms with van der Waals surface area (Å²) in [6, 6.07) is 6.94. The van der Waals surface area contributed by atoms with E-state index in [0.717, 1.165) is 17.8 Å². The predicted molar refractivity (Wildman–Crippen MR) is 78.5 cm³/mol. The molecule has 1 atom stereocenters. The van der Waals surface area contributed by atoms with E-state index in [-0.39, 0.29) is 0 Å². The molecule has 0 aliphatic carbocycles. The number of aromatic nitrogens is 2. The number of rotatable bonds is 5. The van der Waals surface area contributed by atoms with Crippen molar-refractivity contribution in [3.8, 4) is 0 Å². The second-order valence-electron chi connectivity index (χ2n) is 4.97. The lowest BCUT2D eigenvalue weighted by Crippen LogP contribution is -2.09. The fraction of sp³-hybridized carbons (Fsp3) is 0.533. The number of hydrogen-bond acceptors (Lipinski definition) is 1. The van der Waals surface area contributed by atoms with Crippen LogP contribution in [-0.2, 0) is 6.42 Å². The van der Waals surface area contributed by atoms with Gasteiger partial charge in [-0.15, -0.1) is 11.6 Å². The number of benzene rings is 1. The van der Waals surface area contributed by atoms with Crippen LogP contribution in [0.2, 0.25) is 0 Å². The average molecular weight is 265 g/mol. The number of nitrogens with zero attached hydrogens (tertiary/aromatic N) is 2. The summed E-state index contributed by atoms with van der Waals surface area (Å²) in [4.78, 5) is 4.73. The Morgan fingerprint density at radius 1 is 1.39 bits per heavy atom. The zero-order valence-corrected chi connectivity index (χ0v) is 12.2. The van der Waals surface area contributed by atoms with Crippen molar-refractivity contribution in [1.82, 2.24) is 9.55 Å². The van der Waals surface area contributed by atoms with Crippen molar-refractivity contribution < 1.29 is 0 Å². The topological polar surface area (TPSA) is 17.8 Å². The molecule has 1 aromatic heterocycles. The van der Waals surface area contributed by atoms with E-state index in [1.165, 1.54) is 23.9 Å². The Kier molecular flexibility index (Phi) is 4.28. The number of fused-ring (bicyclic) bond motifs is 1. The first kappa shape index (κ1) is 13.4. The van der Waals surface area contributed by atoms with Crippen molar-refractivity contribution >= 4 is 22.6 Å². The van der Waals surface area contributed by atoms with Crippen LogP contribution in [-0.4, -0.2) is 15.4 Å². The fourth-order valence-corrected chi connectivity index (χ4v) is 2.72. The lowest BCUT2D eigenvalue weighted by Gasteiger charge is -2.16. The predicted octanol–water partition coefficient (Wildman–Crippen LogP) is 4.49. The third-order valence-corrected chi connectivity index (χ3v) is 3.57. The van der Waals surface area contributed by atoms with Crippen molar-refractivity contribution in [1.29, 1.82) is 0 Å². The van der Waals surface area contributed by atoms with Crippen molar-refractivity contribution in [3.63, 3.8) is 0 Å². The van der Waals surface area contributed by atoms with E-state index in [0.29, 0.717) is 11.9 Å². The van der Waals surface area contributed by atoms with Crippen LogP contribution >= 0.6 is 11.6 Å². The summed E-state index contributed by atoms with van der Waals surface area (Å²) in [6.07, 6.45) is 3.20.